The average molecular weight is 433 g/mol. The Balaban J connectivity index is 1.16. The Morgan fingerprint density at radius 1 is 1.27 bits per heavy atom. The van der Waals surface area contributed by atoms with Gasteiger partial charge >= 0.3 is 0 Å². The van der Waals surface area contributed by atoms with E-state index in [1.54, 1.807) is 18.8 Å². The summed E-state index contributed by atoms with van der Waals surface area (Å²) in [6, 6.07) is 5.81. The highest BCUT2D eigenvalue weighted by atomic mass is 32.2. The molecule has 0 spiro atoms. The first-order valence-electron chi connectivity index (χ1n) is 10.4. The molecule has 1 atom stereocenters. The van der Waals surface area contributed by atoms with Gasteiger partial charge < -0.3 is 9.47 Å². The van der Waals surface area contributed by atoms with Gasteiger partial charge in [0.25, 0.3) is 10.1 Å². The smallest absolute Gasteiger partial charge is 0.265 e. The molecule has 30 heavy (non-hydrogen) atoms. The zero-order chi connectivity index (χ0) is 20.8. The summed E-state index contributed by atoms with van der Waals surface area (Å²) in [6.45, 7) is 1.37. The molecule has 1 radical (unpaired) electrons. The Morgan fingerprint density at radius 3 is 2.77 bits per heavy atom. The van der Waals surface area contributed by atoms with Gasteiger partial charge in [0.2, 0.25) is 0 Å². The summed E-state index contributed by atoms with van der Waals surface area (Å²) >= 11 is 0. The monoisotopic (exact) mass is 432 g/mol. The second-order valence-electron chi connectivity index (χ2n) is 9.00. The van der Waals surface area contributed by atoms with Crippen LogP contribution in [0.4, 0.5) is 0 Å². The fourth-order valence-corrected chi connectivity index (χ4v) is 5.82. The number of hydrogen-bond acceptors (Lipinski definition) is 6. The molecule has 161 valence electrons. The minimum Gasteiger partial charge on any atom is -0.491 e. The van der Waals surface area contributed by atoms with Crippen molar-refractivity contribution in [3.8, 4) is 17.1 Å². The van der Waals surface area contributed by atoms with Crippen molar-refractivity contribution in [3.63, 3.8) is 0 Å². The predicted molar refractivity (Wildman–Crippen MR) is 109 cm³/mol. The number of aromatic nitrogens is 3. The standard InChI is InChI=1S/C21H26N3O5S/c25-30(26,27)10-7-20-12-21(13-20,14-20)15-29-16-4-5-17(22-11-16)18-6-8-23-24(18)19-3-1-2-9-28-19/h4-8,11,19H,1-3,9-10,12-15H2,(H,25,26,27). The van der Waals surface area contributed by atoms with Crippen LogP contribution in [0.3, 0.4) is 0 Å². The summed E-state index contributed by atoms with van der Waals surface area (Å²) in [5, 5.41) is 4.43. The lowest BCUT2D eigenvalue weighted by molar-refractivity contribution is -0.196. The third-order valence-electron chi connectivity index (χ3n) is 6.55. The van der Waals surface area contributed by atoms with Crippen LogP contribution in [0.15, 0.2) is 30.6 Å². The predicted octanol–water partition coefficient (Wildman–Crippen LogP) is 3.29. The van der Waals surface area contributed by atoms with Crippen molar-refractivity contribution < 1.29 is 22.4 Å². The fourth-order valence-electron chi connectivity index (χ4n) is 5.25. The molecule has 3 saturated carbocycles. The molecule has 9 heteroatoms. The molecule has 1 aliphatic heterocycles. The average Bonchev–Trinajstić information content (AvgIpc) is 3.16. The summed E-state index contributed by atoms with van der Waals surface area (Å²) in [5.41, 5.74) is 1.87. The number of ether oxygens (including phenoxy) is 2. The van der Waals surface area contributed by atoms with E-state index in [9.17, 15) is 8.42 Å². The molecule has 2 aromatic heterocycles. The Morgan fingerprint density at radius 2 is 2.10 bits per heavy atom. The first kappa shape index (κ1) is 20.0. The molecule has 1 N–H and O–H groups in total. The summed E-state index contributed by atoms with van der Waals surface area (Å²) in [5.74, 6) is 0.456. The topological polar surface area (TPSA) is 104 Å². The largest absolute Gasteiger partial charge is 0.491 e. The Kier molecular flexibility index (Phi) is 4.87. The lowest BCUT2D eigenvalue weighted by atomic mass is 9.35. The molecule has 2 bridgehead atoms. The van der Waals surface area contributed by atoms with Crippen molar-refractivity contribution >= 4 is 10.1 Å². The second kappa shape index (κ2) is 7.32. The van der Waals surface area contributed by atoms with E-state index in [1.165, 1.54) is 0 Å². The van der Waals surface area contributed by atoms with Crippen molar-refractivity contribution in [2.75, 3.05) is 19.0 Å². The van der Waals surface area contributed by atoms with Crippen LogP contribution in [0, 0.1) is 17.3 Å². The third-order valence-corrected chi connectivity index (χ3v) is 7.14. The quantitative estimate of drug-likeness (QED) is 0.638. The maximum Gasteiger partial charge on any atom is 0.265 e. The van der Waals surface area contributed by atoms with Crippen LogP contribution >= 0.6 is 0 Å². The summed E-state index contributed by atoms with van der Waals surface area (Å²) < 4.78 is 44.5. The van der Waals surface area contributed by atoms with E-state index in [0.29, 0.717) is 6.61 Å². The SMILES string of the molecule is O=S(=O)(O)C[CH]C12CC(COc3ccc(-c4ccnn4C4CCCCO4)nc3)(C1)C2. The van der Waals surface area contributed by atoms with E-state index >= 15 is 0 Å². The maximum absolute atomic E-state index is 10.9. The van der Waals surface area contributed by atoms with Gasteiger partial charge in [-0.25, -0.2) is 4.68 Å². The number of rotatable bonds is 8. The molecule has 1 unspecified atom stereocenters. The van der Waals surface area contributed by atoms with E-state index in [1.807, 2.05) is 22.9 Å². The normalized spacial score (nSPS) is 30.4. The van der Waals surface area contributed by atoms with Gasteiger partial charge in [0.15, 0.2) is 6.23 Å². The molecule has 0 aromatic carbocycles. The highest BCUT2D eigenvalue weighted by molar-refractivity contribution is 7.85. The minimum absolute atomic E-state index is 0.0269. The van der Waals surface area contributed by atoms with E-state index < -0.39 is 10.1 Å². The van der Waals surface area contributed by atoms with Crippen molar-refractivity contribution in [1.29, 1.82) is 0 Å². The number of nitrogens with zero attached hydrogens (tertiary/aromatic N) is 3. The van der Waals surface area contributed by atoms with Gasteiger partial charge in [0.05, 0.1) is 29.9 Å². The van der Waals surface area contributed by atoms with Crippen molar-refractivity contribution in [3.05, 3.63) is 37.0 Å². The highest BCUT2D eigenvalue weighted by Gasteiger charge is 2.67. The van der Waals surface area contributed by atoms with E-state index in [4.69, 9.17) is 14.0 Å². The molecule has 3 heterocycles. The molecule has 6 rings (SSSR count). The Bertz CT molecular complexity index is 992. The molecular formula is C21H26N3O5S. The van der Waals surface area contributed by atoms with Crippen LogP contribution in [0.25, 0.3) is 11.4 Å². The zero-order valence-corrected chi connectivity index (χ0v) is 17.6. The highest BCUT2D eigenvalue weighted by Crippen LogP contribution is 2.74. The molecule has 3 aliphatic carbocycles. The van der Waals surface area contributed by atoms with Gasteiger partial charge in [-0.05, 0) is 68.6 Å². The fraction of sp³-hybridized carbons (Fsp3) is 0.571. The third kappa shape index (κ3) is 3.86. The first-order valence-corrected chi connectivity index (χ1v) is 12.0. The second-order valence-corrected chi connectivity index (χ2v) is 10.5. The van der Waals surface area contributed by atoms with Crippen LogP contribution < -0.4 is 4.74 Å². The molecule has 8 nitrogen and oxygen atoms in total. The van der Waals surface area contributed by atoms with Crippen LogP contribution in [0.2, 0.25) is 0 Å². The van der Waals surface area contributed by atoms with Gasteiger partial charge in [-0.15, -0.1) is 0 Å². The van der Waals surface area contributed by atoms with Crippen molar-refractivity contribution in [2.45, 2.75) is 44.8 Å². The summed E-state index contributed by atoms with van der Waals surface area (Å²) in [4.78, 5) is 4.56. The zero-order valence-electron chi connectivity index (χ0n) is 16.7. The van der Waals surface area contributed by atoms with E-state index in [2.05, 4.69) is 10.1 Å². The van der Waals surface area contributed by atoms with Gasteiger partial charge in [-0.3, -0.25) is 9.54 Å². The minimum atomic E-state index is -3.93. The van der Waals surface area contributed by atoms with Crippen LogP contribution in [-0.4, -0.2) is 46.7 Å². The Hall–Kier alpha value is -1.97. The van der Waals surface area contributed by atoms with E-state index in [0.717, 1.165) is 62.3 Å². The molecular weight excluding hydrogens is 406 g/mol. The van der Waals surface area contributed by atoms with Gasteiger partial charge in [-0.1, -0.05) is 0 Å². The first-order chi connectivity index (χ1) is 14.4. The van der Waals surface area contributed by atoms with Crippen LogP contribution in [0.5, 0.6) is 5.75 Å². The lowest BCUT2D eigenvalue weighted by Crippen LogP contribution is -2.64. The lowest BCUT2D eigenvalue weighted by Gasteiger charge is -2.70. The summed E-state index contributed by atoms with van der Waals surface area (Å²) in [6.07, 6.45) is 11.2. The van der Waals surface area contributed by atoms with Crippen LogP contribution in [-0.2, 0) is 14.9 Å². The molecule has 2 aromatic rings. The van der Waals surface area contributed by atoms with Gasteiger partial charge in [0, 0.05) is 18.2 Å². The molecule has 4 fully saturated rings. The molecule has 4 aliphatic rings. The van der Waals surface area contributed by atoms with Gasteiger partial charge in [0.1, 0.15) is 5.75 Å². The van der Waals surface area contributed by atoms with Crippen LogP contribution in [0.1, 0.15) is 44.8 Å². The van der Waals surface area contributed by atoms with Crippen molar-refractivity contribution in [1.82, 2.24) is 14.8 Å². The maximum atomic E-state index is 10.9. The summed E-state index contributed by atoms with van der Waals surface area (Å²) in [7, 11) is -3.93. The Labute approximate surface area is 176 Å². The van der Waals surface area contributed by atoms with Gasteiger partial charge in [-0.2, -0.15) is 13.5 Å². The van der Waals surface area contributed by atoms with E-state index in [-0.39, 0.29) is 22.8 Å². The molecule has 0 amide bonds. The number of pyridine rings is 1. The number of hydrogen-bond donors (Lipinski definition) is 1. The van der Waals surface area contributed by atoms with Crippen molar-refractivity contribution in [2.24, 2.45) is 10.8 Å². The molecule has 1 saturated heterocycles.